The van der Waals surface area contributed by atoms with Crippen LogP contribution in [0.3, 0.4) is 0 Å². The van der Waals surface area contributed by atoms with Gasteiger partial charge in [-0.25, -0.2) is 4.39 Å². The van der Waals surface area contributed by atoms with Crippen LogP contribution in [0.5, 0.6) is 0 Å². The number of guanidine groups is 1. The average molecular weight is 434 g/mol. The highest BCUT2D eigenvalue weighted by atomic mass is 127. The molecule has 0 amide bonds. The van der Waals surface area contributed by atoms with Crippen molar-refractivity contribution in [2.45, 2.75) is 18.9 Å². The van der Waals surface area contributed by atoms with Gasteiger partial charge >= 0.3 is 0 Å². The van der Waals surface area contributed by atoms with E-state index in [0.717, 1.165) is 51.3 Å². The normalized spacial score (nSPS) is 22.1. The number of nitrogens with two attached hydrogens (primary N) is 1. The number of hydrogen-bond donors (Lipinski definition) is 1. The fourth-order valence-corrected chi connectivity index (χ4v) is 2.93. The van der Waals surface area contributed by atoms with Gasteiger partial charge in [-0.3, -0.25) is 4.99 Å². The lowest BCUT2D eigenvalue weighted by atomic mass is 10.2. The van der Waals surface area contributed by atoms with Crippen LogP contribution in [-0.2, 0) is 4.74 Å². The van der Waals surface area contributed by atoms with E-state index in [0.29, 0.717) is 12.5 Å². The van der Waals surface area contributed by atoms with Crippen molar-refractivity contribution in [2.75, 3.05) is 44.2 Å². The quantitative estimate of drug-likeness (QED) is 0.450. The highest BCUT2D eigenvalue weighted by Crippen LogP contribution is 2.17. The molecule has 0 aromatic heterocycles. The number of halogens is 2. The molecule has 7 heteroatoms. The molecule has 2 heterocycles. The first-order chi connectivity index (χ1) is 10.7. The molecule has 2 N–H and O–H groups in total. The number of rotatable bonds is 3. The Labute approximate surface area is 153 Å². The Morgan fingerprint density at radius 3 is 2.52 bits per heavy atom. The van der Waals surface area contributed by atoms with Gasteiger partial charge in [-0.2, -0.15) is 0 Å². The summed E-state index contributed by atoms with van der Waals surface area (Å²) in [5.41, 5.74) is 7.13. The second-order valence-corrected chi connectivity index (χ2v) is 5.78. The zero-order chi connectivity index (χ0) is 15.4. The fraction of sp³-hybridized carbons (Fsp3) is 0.562. The molecule has 2 saturated heterocycles. The minimum Gasteiger partial charge on any atom is -0.376 e. The van der Waals surface area contributed by atoms with E-state index in [4.69, 9.17) is 10.5 Å². The van der Waals surface area contributed by atoms with E-state index in [9.17, 15) is 4.39 Å². The first-order valence-corrected chi connectivity index (χ1v) is 7.89. The Balaban J connectivity index is 0.00000192. The highest BCUT2D eigenvalue weighted by molar-refractivity contribution is 14.0. The van der Waals surface area contributed by atoms with Crippen LogP contribution in [0.1, 0.15) is 12.8 Å². The monoisotopic (exact) mass is 434 g/mol. The van der Waals surface area contributed by atoms with Crippen LogP contribution >= 0.6 is 24.0 Å². The molecule has 1 aromatic rings. The Morgan fingerprint density at radius 2 is 1.91 bits per heavy atom. The second-order valence-electron chi connectivity index (χ2n) is 5.78. The molecule has 5 nitrogen and oxygen atoms in total. The van der Waals surface area contributed by atoms with Crippen LogP contribution < -0.4 is 10.6 Å². The van der Waals surface area contributed by atoms with Crippen LogP contribution in [0.25, 0.3) is 0 Å². The molecular formula is C16H24FIN4O. The maximum Gasteiger partial charge on any atom is 0.191 e. The maximum absolute atomic E-state index is 13.0. The molecule has 0 radical (unpaired) electrons. The molecule has 2 aliphatic rings. The van der Waals surface area contributed by atoms with Crippen molar-refractivity contribution in [2.24, 2.45) is 10.7 Å². The predicted octanol–water partition coefficient (Wildman–Crippen LogP) is 2.06. The maximum atomic E-state index is 13.0. The Hall–Kier alpha value is -1.09. The van der Waals surface area contributed by atoms with Crippen molar-refractivity contribution in [1.82, 2.24) is 4.90 Å². The van der Waals surface area contributed by atoms with Gasteiger partial charge in [0.2, 0.25) is 0 Å². The molecule has 23 heavy (non-hydrogen) atoms. The minimum absolute atomic E-state index is 0. The SMILES string of the molecule is I.NC(=NCC1CCCO1)N1CCN(c2ccc(F)cc2)CC1. The summed E-state index contributed by atoms with van der Waals surface area (Å²) in [6.07, 6.45) is 2.44. The van der Waals surface area contributed by atoms with Crippen LogP contribution in [0, 0.1) is 5.82 Å². The zero-order valence-electron chi connectivity index (χ0n) is 13.2. The third-order valence-electron chi connectivity index (χ3n) is 4.28. The summed E-state index contributed by atoms with van der Waals surface area (Å²) >= 11 is 0. The molecule has 0 aliphatic carbocycles. The van der Waals surface area contributed by atoms with Crippen molar-refractivity contribution in [3.05, 3.63) is 30.1 Å². The number of piperazine rings is 1. The van der Waals surface area contributed by atoms with Crippen LogP contribution in [0.2, 0.25) is 0 Å². The summed E-state index contributed by atoms with van der Waals surface area (Å²) < 4.78 is 18.5. The van der Waals surface area contributed by atoms with Gasteiger partial charge in [0.15, 0.2) is 5.96 Å². The van der Waals surface area contributed by atoms with Gasteiger partial charge in [0, 0.05) is 38.5 Å². The number of hydrogen-bond acceptors (Lipinski definition) is 3. The van der Waals surface area contributed by atoms with Gasteiger partial charge in [-0.05, 0) is 37.1 Å². The van der Waals surface area contributed by atoms with E-state index in [1.165, 1.54) is 12.1 Å². The van der Waals surface area contributed by atoms with Crippen molar-refractivity contribution in [1.29, 1.82) is 0 Å². The van der Waals surface area contributed by atoms with Crippen molar-refractivity contribution >= 4 is 35.6 Å². The predicted molar refractivity (Wildman–Crippen MR) is 101 cm³/mol. The smallest absolute Gasteiger partial charge is 0.191 e. The van der Waals surface area contributed by atoms with Gasteiger partial charge < -0.3 is 20.3 Å². The highest BCUT2D eigenvalue weighted by Gasteiger charge is 2.20. The molecule has 1 unspecified atom stereocenters. The van der Waals surface area contributed by atoms with E-state index in [-0.39, 0.29) is 35.9 Å². The van der Waals surface area contributed by atoms with Crippen molar-refractivity contribution in [3.63, 3.8) is 0 Å². The average Bonchev–Trinajstić information content (AvgIpc) is 3.07. The first-order valence-electron chi connectivity index (χ1n) is 7.89. The van der Waals surface area contributed by atoms with E-state index in [1.54, 1.807) is 0 Å². The summed E-state index contributed by atoms with van der Waals surface area (Å²) in [6.45, 7) is 4.89. The Bertz CT molecular complexity index is 511. The lowest BCUT2D eigenvalue weighted by molar-refractivity contribution is 0.117. The van der Waals surface area contributed by atoms with Gasteiger partial charge in [0.25, 0.3) is 0 Å². The number of nitrogens with zero attached hydrogens (tertiary/aromatic N) is 3. The summed E-state index contributed by atoms with van der Waals surface area (Å²) in [6, 6.07) is 6.64. The van der Waals surface area contributed by atoms with Gasteiger partial charge in [-0.15, -0.1) is 24.0 Å². The largest absolute Gasteiger partial charge is 0.376 e. The number of aliphatic imine (C=N–C) groups is 1. The van der Waals surface area contributed by atoms with Crippen molar-refractivity contribution in [3.8, 4) is 0 Å². The topological polar surface area (TPSA) is 54.1 Å². The fourth-order valence-electron chi connectivity index (χ4n) is 2.93. The first kappa shape index (κ1) is 18.3. The standard InChI is InChI=1S/C16H23FN4O.HI/c17-13-3-5-14(6-4-13)20-7-9-21(10-8-20)16(18)19-12-15-2-1-11-22-15;/h3-6,15H,1-2,7-12H2,(H2,18,19);1H. The molecule has 0 bridgehead atoms. The van der Waals surface area contributed by atoms with E-state index < -0.39 is 0 Å². The summed E-state index contributed by atoms with van der Waals surface area (Å²) in [7, 11) is 0. The molecular weight excluding hydrogens is 410 g/mol. The third kappa shape index (κ3) is 4.94. The number of anilines is 1. The van der Waals surface area contributed by atoms with E-state index >= 15 is 0 Å². The molecule has 1 atom stereocenters. The Morgan fingerprint density at radius 1 is 1.22 bits per heavy atom. The molecule has 0 spiro atoms. The summed E-state index contributed by atoms with van der Waals surface area (Å²) in [4.78, 5) is 8.81. The number of ether oxygens (including phenoxy) is 1. The summed E-state index contributed by atoms with van der Waals surface area (Å²) in [5.74, 6) is 0.405. The lowest BCUT2D eigenvalue weighted by Crippen LogP contribution is -2.51. The molecule has 3 rings (SSSR count). The van der Waals surface area contributed by atoms with Crippen LogP contribution in [0.4, 0.5) is 10.1 Å². The minimum atomic E-state index is -0.201. The second kappa shape index (κ2) is 8.68. The molecule has 0 saturated carbocycles. The molecule has 2 fully saturated rings. The van der Waals surface area contributed by atoms with E-state index in [2.05, 4.69) is 14.8 Å². The summed E-state index contributed by atoms with van der Waals surface area (Å²) in [5, 5.41) is 0. The van der Waals surface area contributed by atoms with Gasteiger partial charge in [0.05, 0.1) is 12.6 Å². The Kier molecular flexibility index (Phi) is 6.88. The molecule has 2 aliphatic heterocycles. The van der Waals surface area contributed by atoms with Crippen LogP contribution in [0.15, 0.2) is 29.3 Å². The molecule has 1 aromatic carbocycles. The molecule has 128 valence electrons. The van der Waals surface area contributed by atoms with E-state index in [1.807, 2.05) is 12.1 Å². The number of benzene rings is 1. The van der Waals surface area contributed by atoms with Crippen LogP contribution in [-0.4, -0.2) is 56.3 Å². The van der Waals surface area contributed by atoms with Gasteiger partial charge in [-0.1, -0.05) is 0 Å². The van der Waals surface area contributed by atoms with Crippen molar-refractivity contribution < 1.29 is 9.13 Å². The third-order valence-corrected chi connectivity index (χ3v) is 4.28. The zero-order valence-corrected chi connectivity index (χ0v) is 15.5. The lowest BCUT2D eigenvalue weighted by Gasteiger charge is -2.36. The van der Waals surface area contributed by atoms with Gasteiger partial charge in [0.1, 0.15) is 5.82 Å².